The van der Waals surface area contributed by atoms with Crippen LogP contribution in [0.15, 0.2) is 47.8 Å². The SMILES string of the molecule is O=C(NCc1ccc(Cl)cc1)c1cc(-c2cccs2)n([C@@H]2CCS(=O)(=O)C2)n1. The first-order chi connectivity index (χ1) is 13.4. The molecule has 1 N–H and O–H groups in total. The first-order valence-electron chi connectivity index (χ1n) is 8.78. The molecule has 1 aliphatic rings. The maximum Gasteiger partial charge on any atom is 0.272 e. The van der Waals surface area contributed by atoms with Gasteiger partial charge in [0.2, 0.25) is 0 Å². The maximum atomic E-state index is 12.6. The van der Waals surface area contributed by atoms with E-state index in [9.17, 15) is 13.2 Å². The summed E-state index contributed by atoms with van der Waals surface area (Å²) in [5.41, 5.74) is 1.98. The van der Waals surface area contributed by atoms with Crippen LogP contribution in [0.5, 0.6) is 0 Å². The van der Waals surface area contributed by atoms with Crippen LogP contribution >= 0.6 is 22.9 Å². The van der Waals surface area contributed by atoms with Gasteiger partial charge in [-0.3, -0.25) is 9.48 Å². The number of hydrogen-bond donors (Lipinski definition) is 1. The predicted molar refractivity (Wildman–Crippen MR) is 110 cm³/mol. The lowest BCUT2D eigenvalue weighted by Crippen LogP contribution is -2.23. The average Bonchev–Trinajstić information content (AvgIpc) is 3.39. The molecule has 3 aromatic rings. The van der Waals surface area contributed by atoms with Gasteiger partial charge in [-0.2, -0.15) is 5.10 Å². The number of thiophene rings is 1. The topological polar surface area (TPSA) is 81.1 Å². The number of halogens is 1. The summed E-state index contributed by atoms with van der Waals surface area (Å²) in [4.78, 5) is 13.6. The van der Waals surface area contributed by atoms with Gasteiger partial charge < -0.3 is 5.32 Å². The minimum atomic E-state index is -3.06. The normalized spacial score (nSPS) is 18.2. The van der Waals surface area contributed by atoms with Gasteiger partial charge in [0.15, 0.2) is 15.5 Å². The molecule has 2 aromatic heterocycles. The molecule has 1 aliphatic heterocycles. The number of nitrogens with zero attached hydrogens (tertiary/aromatic N) is 2. The Kier molecular flexibility index (Phi) is 5.27. The number of rotatable bonds is 5. The summed E-state index contributed by atoms with van der Waals surface area (Å²) in [6, 6.07) is 12.6. The van der Waals surface area contributed by atoms with Crippen LogP contribution in [-0.4, -0.2) is 35.6 Å². The van der Waals surface area contributed by atoms with Gasteiger partial charge in [-0.1, -0.05) is 29.8 Å². The van der Waals surface area contributed by atoms with Gasteiger partial charge in [-0.05, 0) is 41.6 Å². The highest BCUT2D eigenvalue weighted by Gasteiger charge is 2.32. The minimum absolute atomic E-state index is 0.0545. The van der Waals surface area contributed by atoms with Crippen LogP contribution in [0.25, 0.3) is 10.6 Å². The van der Waals surface area contributed by atoms with Gasteiger partial charge >= 0.3 is 0 Å². The van der Waals surface area contributed by atoms with Crippen molar-refractivity contribution >= 4 is 38.7 Å². The van der Waals surface area contributed by atoms with Crippen LogP contribution in [0, 0.1) is 0 Å². The molecule has 0 saturated carbocycles. The van der Waals surface area contributed by atoms with E-state index in [-0.39, 0.29) is 29.1 Å². The average molecular weight is 436 g/mol. The van der Waals surface area contributed by atoms with Gasteiger partial charge in [0.05, 0.1) is 28.1 Å². The van der Waals surface area contributed by atoms with E-state index in [1.54, 1.807) is 22.9 Å². The number of benzene rings is 1. The Hall–Kier alpha value is -2.16. The molecule has 9 heteroatoms. The van der Waals surface area contributed by atoms with Crippen molar-refractivity contribution in [3.05, 3.63) is 64.1 Å². The van der Waals surface area contributed by atoms with E-state index in [4.69, 9.17) is 11.6 Å². The lowest BCUT2D eigenvalue weighted by molar-refractivity contribution is 0.0945. The Labute approximate surface area is 172 Å². The summed E-state index contributed by atoms with van der Waals surface area (Å²) in [5.74, 6) is -0.0920. The maximum absolute atomic E-state index is 12.6. The van der Waals surface area contributed by atoms with Crippen molar-refractivity contribution in [1.82, 2.24) is 15.1 Å². The Bertz CT molecular complexity index is 1090. The Morgan fingerprint density at radius 1 is 1.29 bits per heavy atom. The standard InChI is InChI=1S/C19H18ClN3O3S2/c20-14-5-3-13(4-6-14)11-21-19(24)16-10-17(18-2-1-8-27-18)23(22-16)15-7-9-28(25,26)12-15/h1-6,8,10,15H,7,9,11-12H2,(H,21,24)/t15-/m1/s1. The minimum Gasteiger partial charge on any atom is -0.347 e. The second kappa shape index (κ2) is 7.69. The lowest BCUT2D eigenvalue weighted by atomic mass is 10.2. The van der Waals surface area contributed by atoms with E-state index in [0.29, 0.717) is 18.0 Å². The van der Waals surface area contributed by atoms with E-state index in [1.807, 2.05) is 29.6 Å². The molecule has 0 bridgehead atoms. The molecule has 28 heavy (non-hydrogen) atoms. The Morgan fingerprint density at radius 3 is 2.71 bits per heavy atom. The summed E-state index contributed by atoms with van der Waals surface area (Å²) >= 11 is 7.41. The molecular weight excluding hydrogens is 418 g/mol. The largest absolute Gasteiger partial charge is 0.347 e. The van der Waals surface area contributed by atoms with E-state index >= 15 is 0 Å². The lowest BCUT2D eigenvalue weighted by Gasteiger charge is -2.12. The van der Waals surface area contributed by atoms with Gasteiger partial charge in [0.25, 0.3) is 5.91 Å². The zero-order chi connectivity index (χ0) is 19.7. The number of nitrogens with one attached hydrogen (secondary N) is 1. The fourth-order valence-corrected chi connectivity index (χ4v) is 5.79. The summed E-state index contributed by atoms with van der Waals surface area (Å²) in [5, 5.41) is 9.90. The number of sulfone groups is 1. The van der Waals surface area contributed by atoms with Crippen LogP contribution < -0.4 is 5.32 Å². The molecule has 3 heterocycles. The molecule has 0 spiro atoms. The van der Waals surface area contributed by atoms with E-state index in [1.165, 1.54) is 11.3 Å². The van der Waals surface area contributed by atoms with Crippen LogP contribution in [0.2, 0.25) is 5.02 Å². The Morgan fingerprint density at radius 2 is 2.07 bits per heavy atom. The summed E-state index contributed by atoms with van der Waals surface area (Å²) in [6.07, 6.45) is 0.508. The molecule has 1 fully saturated rings. The van der Waals surface area contributed by atoms with Gasteiger partial charge in [0, 0.05) is 11.6 Å². The van der Waals surface area contributed by atoms with Gasteiger partial charge in [-0.15, -0.1) is 11.3 Å². The molecule has 0 radical (unpaired) electrons. The van der Waals surface area contributed by atoms with Gasteiger partial charge in [-0.25, -0.2) is 8.42 Å². The molecule has 6 nitrogen and oxygen atoms in total. The molecule has 1 atom stereocenters. The van der Waals surface area contributed by atoms with Crippen molar-refractivity contribution < 1.29 is 13.2 Å². The molecule has 146 valence electrons. The Balaban J connectivity index is 1.58. The highest BCUT2D eigenvalue weighted by Crippen LogP contribution is 2.32. The molecule has 4 rings (SSSR count). The second-order valence-electron chi connectivity index (χ2n) is 6.70. The number of amides is 1. The smallest absolute Gasteiger partial charge is 0.272 e. The number of aromatic nitrogens is 2. The summed E-state index contributed by atoms with van der Waals surface area (Å²) in [6.45, 7) is 0.356. The monoisotopic (exact) mass is 435 g/mol. The van der Waals surface area contributed by atoms with Gasteiger partial charge in [0.1, 0.15) is 0 Å². The highest BCUT2D eigenvalue weighted by atomic mass is 35.5. The van der Waals surface area contributed by atoms with E-state index < -0.39 is 9.84 Å². The quantitative estimate of drug-likeness (QED) is 0.664. The molecule has 1 saturated heterocycles. The summed E-state index contributed by atoms with van der Waals surface area (Å²) in [7, 11) is -3.06. The van der Waals surface area contributed by atoms with Crippen LogP contribution in [0.1, 0.15) is 28.5 Å². The number of hydrogen-bond acceptors (Lipinski definition) is 5. The molecular formula is C19H18ClN3O3S2. The van der Waals surface area contributed by atoms with Crippen molar-refractivity contribution in [2.45, 2.75) is 19.0 Å². The van der Waals surface area contributed by atoms with Crippen molar-refractivity contribution in [2.24, 2.45) is 0 Å². The predicted octanol–water partition coefficient (Wildman–Crippen LogP) is 3.55. The number of carbonyl (C=O) groups is 1. The second-order valence-corrected chi connectivity index (χ2v) is 10.3. The van der Waals surface area contributed by atoms with Crippen LogP contribution in [0.4, 0.5) is 0 Å². The third-order valence-corrected chi connectivity index (χ3v) is 7.56. The molecule has 1 amide bonds. The summed E-state index contributed by atoms with van der Waals surface area (Å²) < 4.78 is 25.5. The molecule has 0 unspecified atom stereocenters. The molecule has 0 aliphatic carbocycles. The first kappa shape index (κ1) is 19.2. The number of carbonyl (C=O) groups excluding carboxylic acids is 1. The zero-order valence-corrected chi connectivity index (χ0v) is 17.2. The highest BCUT2D eigenvalue weighted by molar-refractivity contribution is 7.91. The van der Waals surface area contributed by atoms with E-state index in [0.717, 1.165) is 16.1 Å². The zero-order valence-electron chi connectivity index (χ0n) is 14.8. The van der Waals surface area contributed by atoms with Crippen molar-refractivity contribution in [3.63, 3.8) is 0 Å². The molecule has 1 aromatic carbocycles. The first-order valence-corrected chi connectivity index (χ1v) is 11.9. The van der Waals surface area contributed by atoms with Crippen molar-refractivity contribution in [2.75, 3.05) is 11.5 Å². The van der Waals surface area contributed by atoms with Crippen LogP contribution in [0.3, 0.4) is 0 Å². The van der Waals surface area contributed by atoms with Crippen molar-refractivity contribution in [1.29, 1.82) is 0 Å². The third-order valence-electron chi connectivity index (χ3n) is 4.66. The van der Waals surface area contributed by atoms with E-state index in [2.05, 4.69) is 10.4 Å². The van der Waals surface area contributed by atoms with Crippen molar-refractivity contribution in [3.8, 4) is 10.6 Å². The van der Waals surface area contributed by atoms with Crippen LogP contribution in [-0.2, 0) is 16.4 Å². The fraction of sp³-hybridized carbons (Fsp3) is 0.263. The third kappa shape index (κ3) is 4.14. The fourth-order valence-electron chi connectivity index (χ4n) is 3.24.